The Balaban J connectivity index is 1.57. The SMILES string of the molecule is Cc1cccc(/N=N/c2ccc(/C=N/NC(=O)c3ccc(N)nc3)cc2)c1. The topological polar surface area (TPSA) is 105 Å². The molecule has 1 amide bonds. The molecular formula is C20H18N6O. The number of aryl methyl sites for hydroxylation is 1. The lowest BCUT2D eigenvalue weighted by atomic mass is 10.2. The van der Waals surface area contributed by atoms with Crippen LogP contribution < -0.4 is 11.2 Å². The first-order chi connectivity index (χ1) is 13.1. The number of pyridine rings is 1. The molecule has 0 saturated carbocycles. The molecule has 0 aliphatic rings. The number of azo groups is 1. The van der Waals surface area contributed by atoms with Crippen molar-refractivity contribution in [3.63, 3.8) is 0 Å². The molecule has 7 nitrogen and oxygen atoms in total. The summed E-state index contributed by atoms with van der Waals surface area (Å²) in [6, 6.07) is 18.3. The Hall–Kier alpha value is -3.87. The van der Waals surface area contributed by atoms with Crippen molar-refractivity contribution in [2.24, 2.45) is 15.3 Å². The summed E-state index contributed by atoms with van der Waals surface area (Å²) in [5.74, 6) is -0.00277. The fraction of sp³-hybridized carbons (Fsp3) is 0.0500. The van der Waals surface area contributed by atoms with Crippen molar-refractivity contribution in [3.8, 4) is 0 Å². The Morgan fingerprint density at radius 1 is 1.04 bits per heavy atom. The minimum absolute atomic E-state index is 0.356. The number of rotatable bonds is 5. The highest BCUT2D eigenvalue weighted by molar-refractivity contribution is 5.94. The van der Waals surface area contributed by atoms with Gasteiger partial charge in [0.2, 0.25) is 0 Å². The molecule has 134 valence electrons. The largest absolute Gasteiger partial charge is 0.384 e. The lowest BCUT2D eigenvalue weighted by Gasteiger charge is -2.00. The molecule has 0 aliphatic heterocycles. The summed E-state index contributed by atoms with van der Waals surface area (Å²) in [5.41, 5.74) is 11.8. The van der Waals surface area contributed by atoms with Gasteiger partial charge in [0.25, 0.3) is 5.91 Å². The van der Waals surface area contributed by atoms with Crippen LogP contribution in [-0.2, 0) is 0 Å². The van der Waals surface area contributed by atoms with E-state index in [1.54, 1.807) is 18.3 Å². The Morgan fingerprint density at radius 2 is 1.81 bits per heavy atom. The minimum Gasteiger partial charge on any atom is -0.384 e. The van der Waals surface area contributed by atoms with E-state index in [1.165, 1.54) is 6.20 Å². The molecule has 0 atom stereocenters. The molecule has 7 heteroatoms. The number of hydrogen-bond acceptors (Lipinski definition) is 6. The van der Waals surface area contributed by atoms with Crippen molar-refractivity contribution < 1.29 is 4.79 Å². The Kier molecular flexibility index (Phi) is 5.64. The normalized spacial score (nSPS) is 11.1. The molecule has 0 unspecified atom stereocenters. The number of nitrogen functional groups attached to an aromatic ring is 1. The van der Waals surface area contributed by atoms with E-state index in [1.807, 2.05) is 55.5 Å². The van der Waals surface area contributed by atoms with Crippen LogP contribution in [0.15, 0.2) is 82.2 Å². The summed E-state index contributed by atoms with van der Waals surface area (Å²) >= 11 is 0. The average molecular weight is 358 g/mol. The van der Waals surface area contributed by atoms with Crippen LogP contribution in [0.2, 0.25) is 0 Å². The van der Waals surface area contributed by atoms with Crippen molar-refractivity contribution >= 4 is 29.3 Å². The molecule has 0 radical (unpaired) electrons. The van der Waals surface area contributed by atoms with Crippen LogP contribution in [0.1, 0.15) is 21.5 Å². The molecule has 3 N–H and O–H groups in total. The van der Waals surface area contributed by atoms with Crippen molar-refractivity contribution in [2.75, 3.05) is 5.73 Å². The van der Waals surface area contributed by atoms with Crippen LogP contribution in [0.25, 0.3) is 0 Å². The first-order valence-corrected chi connectivity index (χ1v) is 8.23. The summed E-state index contributed by atoms with van der Waals surface area (Å²) in [7, 11) is 0. The number of anilines is 1. The number of carbonyl (C=O) groups is 1. The zero-order chi connectivity index (χ0) is 19.1. The fourth-order valence-corrected chi connectivity index (χ4v) is 2.20. The van der Waals surface area contributed by atoms with Gasteiger partial charge in [-0.1, -0.05) is 24.3 Å². The monoisotopic (exact) mass is 358 g/mol. The Bertz CT molecular complexity index is 978. The van der Waals surface area contributed by atoms with Gasteiger partial charge in [0.15, 0.2) is 0 Å². The van der Waals surface area contributed by atoms with Gasteiger partial charge < -0.3 is 5.73 Å². The van der Waals surface area contributed by atoms with E-state index in [0.717, 1.165) is 22.5 Å². The molecule has 0 saturated heterocycles. The van der Waals surface area contributed by atoms with Gasteiger partial charge >= 0.3 is 0 Å². The molecule has 1 heterocycles. The van der Waals surface area contributed by atoms with Gasteiger partial charge in [-0.15, -0.1) is 0 Å². The van der Waals surface area contributed by atoms with Gasteiger partial charge in [-0.2, -0.15) is 15.3 Å². The molecule has 0 aliphatic carbocycles. The molecule has 0 spiro atoms. The third kappa shape index (κ3) is 5.30. The van der Waals surface area contributed by atoms with Crippen LogP contribution in [0.4, 0.5) is 17.2 Å². The zero-order valence-electron chi connectivity index (χ0n) is 14.7. The lowest BCUT2D eigenvalue weighted by Crippen LogP contribution is -2.17. The van der Waals surface area contributed by atoms with Crippen LogP contribution in [-0.4, -0.2) is 17.1 Å². The molecule has 3 aromatic rings. The average Bonchev–Trinajstić information content (AvgIpc) is 2.68. The maximum atomic E-state index is 11.9. The second-order valence-electron chi connectivity index (χ2n) is 5.80. The molecule has 0 bridgehead atoms. The summed E-state index contributed by atoms with van der Waals surface area (Å²) in [4.78, 5) is 15.8. The quantitative estimate of drug-likeness (QED) is 0.406. The summed E-state index contributed by atoms with van der Waals surface area (Å²) in [6.07, 6.45) is 2.94. The Morgan fingerprint density at radius 3 is 2.52 bits per heavy atom. The molecule has 27 heavy (non-hydrogen) atoms. The second-order valence-corrected chi connectivity index (χ2v) is 5.80. The van der Waals surface area contributed by atoms with Crippen molar-refractivity contribution in [1.82, 2.24) is 10.4 Å². The molecular weight excluding hydrogens is 340 g/mol. The number of nitrogens with two attached hydrogens (primary N) is 1. The highest BCUT2D eigenvalue weighted by Crippen LogP contribution is 2.19. The Labute approximate surface area is 156 Å². The highest BCUT2D eigenvalue weighted by atomic mass is 16.2. The van der Waals surface area contributed by atoms with E-state index in [-0.39, 0.29) is 5.91 Å². The molecule has 3 rings (SSSR count). The summed E-state index contributed by atoms with van der Waals surface area (Å²) in [5, 5.41) is 12.4. The number of nitrogens with one attached hydrogen (secondary N) is 1. The van der Waals surface area contributed by atoms with E-state index in [4.69, 9.17) is 5.73 Å². The smallest absolute Gasteiger partial charge is 0.272 e. The summed E-state index contributed by atoms with van der Waals surface area (Å²) in [6.45, 7) is 2.01. The third-order valence-corrected chi connectivity index (χ3v) is 3.60. The van der Waals surface area contributed by atoms with Gasteiger partial charge in [0.1, 0.15) is 5.82 Å². The number of aromatic nitrogens is 1. The predicted molar refractivity (Wildman–Crippen MR) is 106 cm³/mol. The number of benzene rings is 2. The molecule has 1 aromatic heterocycles. The highest BCUT2D eigenvalue weighted by Gasteiger charge is 2.03. The third-order valence-electron chi connectivity index (χ3n) is 3.60. The van der Waals surface area contributed by atoms with E-state index in [2.05, 4.69) is 25.7 Å². The van der Waals surface area contributed by atoms with Crippen LogP contribution in [0.5, 0.6) is 0 Å². The van der Waals surface area contributed by atoms with Gasteiger partial charge in [-0.05, 0) is 54.4 Å². The van der Waals surface area contributed by atoms with Gasteiger partial charge in [0, 0.05) is 6.20 Å². The summed E-state index contributed by atoms with van der Waals surface area (Å²) < 4.78 is 0. The van der Waals surface area contributed by atoms with Gasteiger partial charge in [0.05, 0.1) is 23.2 Å². The number of hydrazone groups is 1. The fourth-order valence-electron chi connectivity index (χ4n) is 2.20. The standard InChI is InChI=1S/C20H18N6O/c1-14-3-2-4-18(11-14)25-24-17-8-5-15(6-9-17)12-23-26-20(27)16-7-10-19(21)22-13-16/h2-13H,1H3,(H2,21,22)(H,26,27)/b23-12+,25-24+. The minimum atomic E-state index is -0.359. The van der Waals surface area contributed by atoms with Crippen LogP contribution >= 0.6 is 0 Å². The van der Waals surface area contributed by atoms with Crippen LogP contribution in [0, 0.1) is 6.92 Å². The maximum Gasteiger partial charge on any atom is 0.272 e. The second kappa shape index (κ2) is 8.48. The first-order valence-electron chi connectivity index (χ1n) is 8.23. The van der Waals surface area contributed by atoms with E-state index in [0.29, 0.717) is 11.4 Å². The number of amides is 1. The molecule has 2 aromatic carbocycles. The van der Waals surface area contributed by atoms with Crippen molar-refractivity contribution in [1.29, 1.82) is 0 Å². The van der Waals surface area contributed by atoms with E-state index in [9.17, 15) is 4.79 Å². The van der Waals surface area contributed by atoms with E-state index < -0.39 is 0 Å². The van der Waals surface area contributed by atoms with E-state index >= 15 is 0 Å². The van der Waals surface area contributed by atoms with Gasteiger partial charge in [-0.3, -0.25) is 4.79 Å². The van der Waals surface area contributed by atoms with Crippen LogP contribution in [0.3, 0.4) is 0 Å². The lowest BCUT2D eigenvalue weighted by molar-refractivity contribution is 0.0955. The van der Waals surface area contributed by atoms with Crippen molar-refractivity contribution in [3.05, 3.63) is 83.6 Å². The van der Waals surface area contributed by atoms with Crippen molar-refractivity contribution in [2.45, 2.75) is 6.92 Å². The maximum absolute atomic E-state index is 11.9. The zero-order valence-corrected chi connectivity index (χ0v) is 14.7. The number of hydrogen-bond donors (Lipinski definition) is 2. The number of nitrogens with zero attached hydrogens (tertiary/aromatic N) is 4. The molecule has 0 fully saturated rings. The van der Waals surface area contributed by atoms with Gasteiger partial charge in [-0.25, -0.2) is 10.4 Å². The first kappa shape index (κ1) is 17.9. The predicted octanol–water partition coefficient (Wildman–Crippen LogP) is 4.15. The number of carbonyl (C=O) groups excluding carboxylic acids is 1.